The fraction of sp³-hybridized carbons (Fsp3) is 0.929. The Balaban J connectivity index is 1.93. The summed E-state index contributed by atoms with van der Waals surface area (Å²) in [6, 6.07) is 0. The van der Waals surface area contributed by atoms with Crippen LogP contribution in [0.25, 0.3) is 0 Å². The van der Waals surface area contributed by atoms with E-state index in [2.05, 4.69) is 0 Å². The lowest BCUT2D eigenvalue weighted by Gasteiger charge is -2.36. The fourth-order valence-electron chi connectivity index (χ4n) is 2.94. The fourth-order valence-corrected chi connectivity index (χ4v) is 2.94. The van der Waals surface area contributed by atoms with Gasteiger partial charge in [0.1, 0.15) is 5.60 Å². The molecule has 0 radical (unpaired) electrons. The maximum absolute atomic E-state index is 12.1. The highest BCUT2D eigenvalue weighted by Gasteiger charge is 2.43. The van der Waals surface area contributed by atoms with E-state index in [1.165, 1.54) is 0 Å². The van der Waals surface area contributed by atoms with Gasteiger partial charge in [-0.15, -0.1) is 0 Å². The summed E-state index contributed by atoms with van der Waals surface area (Å²) in [5, 5.41) is 0. The highest BCUT2D eigenvalue weighted by Crippen LogP contribution is 2.33. The van der Waals surface area contributed by atoms with Gasteiger partial charge in [-0.2, -0.15) is 0 Å². The summed E-state index contributed by atoms with van der Waals surface area (Å²) in [6.07, 6.45) is 2.61. The van der Waals surface area contributed by atoms with Gasteiger partial charge in [0.05, 0.1) is 0 Å². The molecule has 2 fully saturated rings. The summed E-state index contributed by atoms with van der Waals surface area (Å²) < 4.78 is 10.8. The molecule has 0 aromatic rings. The van der Waals surface area contributed by atoms with E-state index in [-0.39, 0.29) is 11.6 Å². The molecule has 5 nitrogen and oxygen atoms in total. The standard InChI is InChI=1S/C14H26N2O3/c1-13(2,3)19-12(17)16-7-6-14(15,10-16)11-4-8-18-9-5-11/h11H,4-10,15H2,1-3H3. The lowest BCUT2D eigenvalue weighted by atomic mass is 9.79. The second-order valence-corrected chi connectivity index (χ2v) is 6.77. The van der Waals surface area contributed by atoms with Crippen LogP contribution in [0.3, 0.4) is 0 Å². The summed E-state index contributed by atoms with van der Waals surface area (Å²) in [7, 11) is 0. The van der Waals surface area contributed by atoms with Crippen LogP contribution >= 0.6 is 0 Å². The topological polar surface area (TPSA) is 64.8 Å². The molecule has 0 bridgehead atoms. The minimum atomic E-state index is -0.449. The number of hydrogen-bond acceptors (Lipinski definition) is 4. The van der Waals surface area contributed by atoms with Gasteiger partial charge in [0.15, 0.2) is 0 Å². The molecule has 1 unspecified atom stereocenters. The Labute approximate surface area is 115 Å². The third-order valence-corrected chi connectivity index (χ3v) is 4.02. The number of ether oxygens (including phenoxy) is 2. The molecule has 1 atom stereocenters. The molecule has 2 rings (SSSR count). The lowest BCUT2D eigenvalue weighted by Crippen LogP contribution is -2.52. The third-order valence-electron chi connectivity index (χ3n) is 4.02. The number of nitrogens with zero attached hydrogens (tertiary/aromatic N) is 1. The Morgan fingerprint density at radius 1 is 1.37 bits per heavy atom. The molecule has 2 saturated heterocycles. The van der Waals surface area contributed by atoms with Gasteiger partial charge in [0, 0.05) is 31.8 Å². The Bertz CT molecular complexity index is 334. The molecule has 2 aliphatic rings. The van der Waals surface area contributed by atoms with Crippen LogP contribution in [0.5, 0.6) is 0 Å². The van der Waals surface area contributed by atoms with Crippen molar-refractivity contribution in [1.82, 2.24) is 4.90 Å². The van der Waals surface area contributed by atoms with Crippen LogP contribution < -0.4 is 5.73 Å². The molecule has 2 heterocycles. The zero-order valence-corrected chi connectivity index (χ0v) is 12.3. The third kappa shape index (κ3) is 3.60. The number of likely N-dealkylation sites (tertiary alicyclic amines) is 1. The molecule has 2 N–H and O–H groups in total. The van der Waals surface area contributed by atoms with E-state index < -0.39 is 5.60 Å². The van der Waals surface area contributed by atoms with Crippen molar-refractivity contribution < 1.29 is 14.3 Å². The predicted octanol–water partition coefficient (Wildman–Crippen LogP) is 1.75. The Hall–Kier alpha value is -0.810. The van der Waals surface area contributed by atoms with Crippen molar-refractivity contribution in [2.75, 3.05) is 26.3 Å². The van der Waals surface area contributed by atoms with Crippen LogP contribution in [0.2, 0.25) is 0 Å². The van der Waals surface area contributed by atoms with E-state index in [0.717, 1.165) is 32.5 Å². The van der Waals surface area contributed by atoms with Crippen LogP contribution in [0.4, 0.5) is 4.79 Å². The van der Waals surface area contributed by atoms with Gasteiger partial charge >= 0.3 is 6.09 Å². The van der Waals surface area contributed by atoms with Crippen molar-refractivity contribution >= 4 is 6.09 Å². The number of carbonyl (C=O) groups is 1. The molecular formula is C14H26N2O3. The van der Waals surface area contributed by atoms with Gasteiger partial charge in [-0.3, -0.25) is 0 Å². The maximum atomic E-state index is 12.1. The minimum absolute atomic E-state index is 0.244. The predicted molar refractivity (Wildman–Crippen MR) is 72.9 cm³/mol. The van der Waals surface area contributed by atoms with Crippen molar-refractivity contribution in [2.45, 2.75) is 51.2 Å². The summed E-state index contributed by atoms with van der Waals surface area (Å²) in [5.74, 6) is 0.452. The number of carbonyl (C=O) groups excluding carboxylic acids is 1. The van der Waals surface area contributed by atoms with Gasteiger partial charge in [0.25, 0.3) is 0 Å². The molecular weight excluding hydrogens is 244 g/mol. The van der Waals surface area contributed by atoms with Gasteiger partial charge in [-0.1, -0.05) is 0 Å². The summed E-state index contributed by atoms with van der Waals surface area (Å²) in [6.45, 7) is 8.53. The van der Waals surface area contributed by atoms with Crippen molar-refractivity contribution in [1.29, 1.82) is 0 Å². The van der Waals surface area contributed by atoms with Crippen molar-refractivity contribution in [3.63, 3.8) is 0 Å². The van der Waals surface area contributed by atoms with E-state index in [9.17, 15) is 4.79 Å². The first-order valence-corrected chi connectivity index (χ1v) is 7.15. The van der Waals surface area contributed by atoms with Crippen LogP contribution in [-0.2, 0) is 9.47 Å². The molecule has 0 aromatic carbocycles. The molecule has 1 amide bonds. The van der Waals surface area contributed by atoms with Crippen molar-refractivity contribution in [3.8, 4) is 0 Å². The summed E-state index contributed by atoms with van der Waals surface area (Å²) >= 11 is 0. The molecule has 0 aliphatic carbocycles. The first-order valence-electron chi connectivity index (χ1n) is 7.15. The number of nitrogens with two attached hydrogens (primary N) is 1. The average molecular weight is 270 g/mol. The molecule has 0 saturated carbocycles. The molecule has 0 spiro atoms. The highest BCUT2D eigenvalue weighted by molar-refractivity contribution is 5.68. The molecule has 19 heavy (non-hydrogen) atoms. The normalized spacial score (nSPS) is 29.6. The minimum Gasteiger partial charge on any atom is -0.444 e. The molecule has 5 heteroatoms. The smallest absolute Gasteiger partial charge is 0.410 e. The molecule has 2 aliphatic heterocycles. The van der Waals surface area contributed by atoms with E-state index in [1.807, 2.05) is 20.8 Å². The number of rotatable bonds is 1. The summed E-state index contributed by atoms with van der Waals surface area (Å²) in [4.78, 5) is 13.8. The lowest BCUT2D eigenvalue weighted by molar-refractivity contribution is 0.0226. The van der Waals surface area contributed by atoms with E-state index in [1.54, 1.807) is 4.90 Å². The Kier molecular flexibility index (Phi) is 4.06. The largest absolute Gasteiger partial charge is 0.444 e. The quantitative estimate of drug-likeness (QED) is 0.788. The van der Waals surface area contributed by atoms with E-state index in [0.29, 0.717) is 19.0 Å². The first-order chi connectivity index (χ1) is 8.80. The zero-order chi connectivity index (χ0) is 14.1. The van der Waals surface area contributed by atoms with Gasteiger partial charge in [-0.05, 0) is 46.0 Å². The van der Waals surface area contributed by atoms with Crippen LogP contribution in [0.15, 0.2) is 0 Å². The monoisotopic (exact) mass is 270 g/mol. The molecule has 110 valence electrons. The van der Waals surface area contributed by atoms with Crippen LogP contribution in [0.1, 0.15) is 40.0 Å². The van der Waals surface area contributed by atoms with E-state index >= 15 is 0 Å². The summed E-state index contributed by atoms with van der Waals surface area (Å²) in [5.41, 5.74) is 5.81. The van der Waals surface area contributed by atoms with Gasteiger partial charge < -0.3 is 20.1 Å². The average Bonchev–Trinajstić information content (AvgIpc) is 2.73. The Morgan fingerprint density at radius 2 is 2.00 bits per heavy atom. The second-order valence-electron chi connectivity index (χ2n) is 6.77. The van der Waals surface area contributed by atoms with E-state index in [4.69, 9.17) is 15.2 Å². The van der Waals surface area contributed by atoms with Crippen LogP contribution in [-0.4, -0.2) is 48.4 Å². The second kappa shape index (κ2) is 5.29. The first kappa shape index (κ1) is 14.6. The maximum Gasteiger partial charge on any atom is 0.410 e. The number of amides is 1. The Morgan fingerprint density at radius 3 is 2.58 bits per heavy atom. The highest BCUT2D eigenvalue weighted by atomic mass is 16.6. The van der Waals surface area contributed by atoms with Gasteiger partial charge in [0.2, 0.25) is 0 Å². The number of hydrogen-bond donors (Lipinski definition) is 1. The zero-order valence-electron chi connectivity index (χ0n) is 12.3. The SMILES string of the molecule is CC(C)(C)OC(=O)N1CCC(N)(C2CCOCC2)C1. The van der Waals surface area contributed by atoms with Crippen LogP contribution in [0, 0.1) is 5.92 Å². The molecule has 0 aromatic heterocycles. The van der Waals surface area contributed by atoms with Crippen molar-refractivity contribution in [2.24, 2.45) is 11.7 Å². The van der Waals surface area contributed by atoms with Gasteiger partial charge in [-0.25, -0.2) is 4.79 Å². The van der Waals surface area contributed by atoms with Crippen molar-refractivity contribution in [3.05, 3.63) is 0 Å².